The molecule has 16 heavy (non-hydrogen) atoms. The molecule has 1 heterocycles. The van der Waals surface area contributed by atoms with Crippen LogP contribution in [-0.4, -0.2) is 28.8 Å². The number of carbonyl (C=O) groups excluding carboxylic acids is 2. The summed E-state index contributed by atoms with van der Waals surface area (Å²) in [6.45, 7) is 1.91. The quantitative estimate of drug-likeness (QED) is 0.774. The van der Waals surface area contributed by atoms with Crippen molar-refractivity contribution < 1.29 is 14.3 Å². The molecule has 0 atom stereocenters. The van der Waals surface area contributed by atoms with Crippen LogP contribution in [0.25, 0.3) is 0 Å². The molecule has 1 N–H and O–H groups in total. The van der Waals surface area contributed by atoms with Crippen LogP contribution in [0.4, 0.5) is 5.69 Å². The van der Waals surface area contributed by atoms with E-state index in [1.807, 2.05) is 6.92 Å². The number of rotatable bonds is 4. The Balaban J connectivity index is 2.88. The van der Waals surface area contributed by atoms with Gasteiger partial charge in [-0.2, -0.15) is 5.10 Å². The minimum absolute atomic E-state index is 0.138. The number of nitrogens with one attached hydrogen (secondary N) is 1. The highest BCUT2D eigenvalue weighted by atomic mass is 16.5. The third-order valence-electron chi connectivity index (χ3n) is 2.07. The van der Waals surface area contributed by atoms with E-state index in [9.17, 15) is 9.59 Å². The number of ether oxygens (including phenoxy) is 1. The second-order valence-corrected chi connectivity index (χ2v) is 3.32. The minimum Gasteiger partial charge on any atom is -0.464 e. The number of aromatic nitrogens is 2. The Morgan fingerprint density at radius 2 is 2.25 bits per heavy atom. The first kappa shape index (κ1) is 12.2. The second kappa shape index (κ2) is 5.29. The van der Waals surface area contributed by atoms with Gasteiger partial charge in [-0.3, -0.25) is 9.48 Å². The fourth-order valence-corrected chi connectivity index (χ4v) is 1.31. The first-order valence-corrected chi connectivity index (χ1v) is 5.00. The van der Waals surface area contributed by atoms with Crippen LogP contribution in [0.3, 0.4) is 0 Å². The van der Waals surface area contributed by atoms with Crippen LogP contribution >= 0.6 is 0 Å². The zero-order valence-electron chi connectivity index (χ0n) is 9.61. The monoisotopic (exact) mass is 225 g/mol. The molecule has 0 fully saturated rings. The highest BCUT2D eigenvalue weighted by Gasteiger charge is 2.18. The summed E-state index contributed by atoms with van der Waals surface area (Å²) in [5.74, 6) is -0.660. The van der Waals surface area contributed by atoms with Gasteiger partial charge < -0.3 is 10.1 Å². The van der Waals surface area contributed by atoms with Gasteiger partial charge in [-0.05, 0) is 6.42 Å². The normalized spacial score (nSPS) is 9.94. The lowest BCUT2D eigenvalue weighted by molar-refractivity contribution is -0.116. The first-order chi connectivity index (χ1) is 7.60. The molecule has 1 aromatic rings. The zero-order valence-corrected chi connectivity index (χ0v) is 9.61. The van der Waals surface area contributed by atoms with E-state index in [4.69, 9.17) is 0 Å². The van der Waals surface area contributed by atoms with Crippen molar-refractivity contribution in [2.45, 2.75) is 19.8 Å². The predicted molar refractivity (Wildman–Crippen MR) is 58.1 cm³/mol. The van der Waals surface area contributed by atoms with E-state index in [0.717, 1.165) is 6.42 Å². The van der Waals surface area contributed by atoms with E-state index in [-0.39, 0.29) is 11.6 Å². The lowest BCUT2D eigenvalue weighted by atomic mass is 10.3. The van der Waals surface area contributed by atoms with E-state index >= 15 is 0 Å². The van der Waals surface area contributed by atoms with Crippen molar-refractivity contribution in [2.75, 3.05) is 12.4 Å². The number of hydrogen-bond donors (Lipinski definition) is 1. The van der Waals surface area contributed by atoms with Crippen molar-refractivity contribution in [1.29, 1.82) is 0 Å². The van der Waals surface area contributed by atoms with Crippen molar-refractivity contribution in [2.24, 2.45) is 7.05 Å². The van der Waals surface area contributed by atoms with Crippen LogP contribution < -0.4 is 5.32 Å². The SMILES string of the molecule is CCCC(=O)Nc1cnn(C)c1C(=O)OC. The maximum Gasteiger partial charge on any atom is 0.358 e. The molecule has 0 aliphatic carbocycles. The smallest absolute Gasteiger partial charge is 0.358 e. The Bertz CT molecular complexity index is 398. The average molecular weight is 225 g/mol. The van der Waals surface area contributed by atoms with Crippen molar-refractivity contribution in [3.63, 3.8) is 0 Å². The summed E-state index contributed by atoms with van der Waals surface area (Å²) >= 11 is 0. The summed E-state index contributed by atoms with van der Waals surface area (Å²) in [5.41, 5.74) is 0.625. The van der Waals surface area contributed by atoms with Gasteiger partial charge in [-0.1, -0.05) is 6.92 Å². The molecule has 6 nitrogen and oxygen atoms in total. The van der Waals surface area contributed by atoms with E-state index < -0.39 is 5.97 Å². The van der Waals surface area contributed by atoms with E-state index in [1.165, 1.54) is 18.0 Å². The van der Waals surface area contributed by atoms with Gasteiger partial charge >= 0.3 is 5.97 Å². The molecule has 0 aliphatic heterocycles. The summed E-state index contributed by atoms with van der Waals surface area (Å²) in [5, 5.41) is 6.52. The van der Waals surface area contributed by atoms with Crippen molar-refractivity contribution in [3.8, 4) is 0 Å². The summed E-state index contributed by atoms with van der Waals surface area (Å²) < 4.78 is 5.98. The summed E-state index contributed by atoms with van der Waals surface area (Å²) in [6, 6.07) is 0. The molecule has 0 bridgehead atoms. The lowest BCUT2D eigenvalue weighted by Gasteiger charge is -2.05. The van der Waals surface area contributed by atoms with E-state index in [2.05, 4.69) is 15.2 Å². The Morgan fingerprint density at radius 3 is 2.81 bits per heavy atom. The van der Waals surface area contributed by atoms with Gasteiger partial charge in [0, 0.05) is 13.5 Å². The number of methoxy groups -OCH3 is 1. The summed E-state index contributed by atoms with van der Waals surface area (Å²) in [4.78, 5) is 22.8. The minimum atomic E-state index is -0.521. The maximum absolute atomic E-state index is 11.4. The molecule has 0 spiro atoms. The zero-order chi connectivity index (χ0) is 12.1. The van der Waals surface area contributed by atoms with Gasteiger partial charge in [-0.25, -0.2) is 4.79 Å². The number of aryl methyl sites for hydroxylation is 1. The maximum atomic E-state index is 11.4. The van der Waals surface area contributed by atoms with Gasteiger partial charge in [0.1, 0.15) is 0 Å². The van der Waals surface area contributed by atoms with Crippen LogP contribution in [0.2, 0.25) is 0 Å². The topological polar surface area (TPSA) is 73.2 Å². The van der Waals surface area contributed by atoms with Crippen molar-refractivity contribution in [1.82, 2.24) is 9.78 Å². The van der Waals surface area contributed by atoms with Gasteiger partial charge in [0.15, 0.2) is 5.69 Å². The molecule has 0 saturated carbocycles. The highest BCUT2D eigenvalue weighted by Crippen LogP contribution is 2.15. The largest absolute Gasteiger partial charge is 0.464 e. The van der Waals surface area contributed by atoms with Crippen LogP contribution in [-0.2, 0) is 16.6 Å². The molecule has 1 aromatic heterocycles. The standard InChI is InChI=1S/C10H15N3O3/c1-4-5-8(14)12-7-6-11-13(2)9(7)10(15)16-3/h6H,4-5H2,1-3H3,(H,12,14). The van der Waals surface area contributed by atoms with E-state index in [0.29, 0.717) is 12.1 Å². The molecule has 0 saturated heterocycles. The number of esters is 1. The Kier molecular flexibility index (Phi) is 4.04. The molecule has 0 aromatic carbocycles. The summed E-state index contributed by atoms with van der Waals surface area (Å²) in [7, 11) is 2.90. The van der Waals surface area contributed by atoms with Crippen LogP contribution in [0.5, 0.6) is 0 Å². The fourth-order valence-electron chi connectivity index (χ4n) is 1.31. The molecule has 0 aliphatic rings. The third-order valence-corrected chi connectivity index (χ3v) is 2.07. The van der Waals surface area contributed by atoms with Gasteiger partial charge in [-0.15, -0.1) is 0 Å². The molecule has 88 valence electrons. The van der Waals surface area contributed by atoms with Gasteiger partial charge in [0.2, 0.25) is 5.91 Å². The molecular weight excluding hydrogens is 210 g/mol. The van der Waals surface area contributed by atoms with Crippen LogP contribution in [0.1, 0.15) is 30.3 Å². The third kappa shape index (κ3) is 2.59. The molecule has 1 rings (SSSR count). The number of carbonyl (C=O) groups is 2. The average Bonchev–Trinajstić information content (AvgIpc) is 2.59. The molecule has 1 amide bonds. The van der Waals surface area contributed by atoms with Crippen molar-refractivity contribution in [3.05, 3.63) is 11.9 Å². The molecule has 6 heteroatoms. The highest BCUT2D eigenvalue weighted by molar-refractivity contribution is 5.99. The van der Waals surface area contributed by atoms with Gasteiger partial charge in [0.25, 0.3) is 0 Å². The lowest BCUT2D eigenvalue weighted by Crippen LogP contribution is -2.15. The molecular formula is C10H15N3O3. The number of hydrogen-bond acceptors (Lipinski definition) is 4. The fraction of sp³-hybridized carbons (Fsp3) is 0.500. The molecule has 0 unspecified atom stereocenters. The first-order valence-electron chi connectivity index (χ1n) is 5.00. The number of nitrogens with zero attached hydrogens (tertiary/aromatic N) is 2. The van der Waals surface area contributed by atoms with Crippen LogP contribution in [0.15, 0.2) is 6.20 Å². The number of amides is 1. The number of anilines is 1. The Hall–Kier alpha value is -1.85. The summed E-state index contributed by atoms with van der Waals surface area (Å²) in [6.07, 6.45) is 2.59. The van der Waals surface area contributed by atoms with E-state index in [1.54, 1.807) is 7.05 Å². The van der Waals surface area contributed by atoms with Gasteiger partial charge in [0.05, 0.1) is 19.0 Å². The van der Waals surface area contributed by atoms with Crippen molar-refractivity contribution >= 4 is 17.6 Å². The Morgan fingerprint density at radius 1 is 1.56 bits per heavy atom. The van der Waals surface area contributed by atoms with Crippen LogP contribution in [0, 0.1) is 0 Å². The molecule has 0 radical (unpaired) electrons. The predicted octanol–water partition coefficient (Wildman–Crippen LogP) is 0.945. The second-order valence-electron chi connectivity index (χ2n) is 3.32. The Labute approximate surface area is 93.6 Å².